The van der Waals surface area contributed by atoms with Crippen molar-refractivity contribution in [2.45, 2.75) is 13.0 Å². The zero-order valence-corrected chi connectivity index (χ0v) is 5.31. The lowest BCUT2D eigenvalue weighted by Gasteiger charge is -2.10. The second-order valence-corrected chi connectivity index (χ2v) is 2.55. The van der Waals surface area contributed by atoms with Gasteiger partial charge in [0.2, 0.25) is 0 Å². The highest BCUT2D eigenvalue weighted by molar-refractivity contribution is 7.46. The van der Waals surface area contributed by atoms with E-state index in [9.17, 15) is 13.3 Å². The first kappa shape index (κ1) is 8.97. The predicted molar refractivity (Wildman–Crippen MR) is 23.8 cm³/mol. The molecule has 0 rings (SSSR count). The van der Waals surface area contributed by atoms with Crippen LogP contribution in [0.2, 0.25) is 0 Å². The highest BCUT2D eigenvalue weighted by Crippen LogP contribution is 2.42. The zero-order valence-electron chi connectivity index (χ0n) is 4.41. The van der Waals surface area contributed by atoms with Crippen molar-refractivity contribution in [3.8, 4) is 0 Å². The molecule has 0 atom stereocenters. The molecule has 9 heavy (non-hydrogen) atoms. The molecule has 0 aromatic carbocycles. The van der Waals surface area contributed by atoms with E-state index in [4.69, 9.17) is 9.79 Å². The molecule has 0 saturated carbocycles. The monoisotopic (exact) mass is 162 g/mol. The molecule has 2 N–H and O–H groups in total. The number of halogens is 2. The van der Waals surface area contributed by atoms with Gasteiger partial charge in [-0.3, -0.25) is 0 Å². The Morgan fingerprint density at radius 3 is 1.89 bits per heavy atom. The Labute approximate surface area is 49.7 Å². The molecule has 0 aliphatic carbocycles. The van der Waals surface area contributed by atoms with Crippen LogP contribution in [0.25, 0.3) is 0 Å². The van der Waals surface area contributed by atoms with Crippen molar-refractivity contribution in [1.82, 2.24) is 0 Å². The maximum absolute atomic E-state index is 11.5. The van der Waals surface area contributed by atoms with Crippen LogP contribution in [-0.4, -0.2) is 15.9 Å². The Balaban J connectivity index is 3.90. The molecule has 0 radical (unpaired) electrons. The van der Waals surface area contributed by atoms with E-state index in [1.807, 2.05) is 0 Å². The van der Waals surface area contributed by atoms with Gasteiger partial charge in [-0.2, -0.15) is 8.78 Å². The summed E-state index contributed by atoms with van der Waals surface area (Å²) >= 11 is 0. The predicted octanol–water partition coefficient (Wildman–Crippen LogP) is 0.708. The third kappa shape index (κ3) is 7.97. The van der Waals surface area contributed by atoms with Gasteiger partial charge in [0.25, 0.3) is 0 Å². The molecule has 0 unspecified atom stereocenters. The van der Waals surface area contributed by atoms with Crippen LogP contribution >= 0.6 is 7.82 Å². The van der Waals surface area contributed by atoms with Crippen molar-refractivity contribution in [1.29, 1.82) is 0 Å². The van der Waals surface area contributed by atoms with Gasteiger partial charge in [0.1, 0.15) is 0 Å². The average molecular weight is 162 g/mol. The third-order valence-electron chi connectivity index (χ3n) is 0.279. The standard InChI is InChI=1S/C2H5F2O4P/c1-2(3,4)8-9(5,6)7/h1H3,(H2,5,6,7). The van der Waals surface area contributed by atoms with Gasteiger partial charge in [0, 0.05) is 6.92 Å². The summed E-state index contributed by atoms with van der Waals surface area (Å²) < 4.78 is 35.6. The van der Waals surface area contributed by atoms with Crippen LogP contribution < -0.4 is 0 Å². The van der Waals surface area contributed by atoms with Crippen molar-refractivity contribution in [3.05, 3.63) is 0 Å². The van der Waals surface area contributed by atoms with Gasteiger partial charge in [0.05, 0.1) is 0 Å². The molecular formula is C2H5F2O4P. The van der Waals surface area contributed by atoms with Gasteiger partial charge in [-0.1, -0.05) is 0 Å². The SMILES string of the molecule is CC(F)(F)OP(=O)(O)O. The van der Waals surface area contributed by atoms with Gasteiger partial charge >= 0.3 is 13.9 Å². The molecule has 0 bridgehead atoms. The maximum Gasteiger partial charge on any atom is 0.474 e. The normalized spacial score (nSPS) is 13.9. The van der Waals surface area contributed by atoms with E-state index in [0.29, 0.717) is 0 Å². The summed E-state index contributed by atoms with van der Waals surface area (Å²) in [4.78, 5) is 15.5. The van der Waals surface area contributed by atoms with E-state index in [1.54, 1.807) is 0 Å². The fourth-order valence-electron chi connectivity index (χ4n) is 0.209. The van der Waals surface area contributed by atoms with E-state index in [1.165, 1.54) is 0 Å². The summed E-state index contributed by atoms with van der Waals surface area (Å²) in [6.45, 7) is 0.242. The van der Waals surface area contributed by atoms with Crippen molar-refractivity contribution in [2.24, 2.45) is 0 Å². The van der Waals surface area contributed by atoms with Crippen LogP contribution in [0.1, 0.15) is 6.92 Å². The first-order chi connectivity index (χ1) is 3.71. The van der Waals surface area contributed by atoms with E-state index >= 15 is 0 Å². The number of hydrogen-bond acceptors (Lipinski definition) is 2. The van der Waals surface area contributed by atoms with Crippen LogP contribution in [-0.2, 0) is 9.09 Å². The van der Waals surface area contributed by atoms with E-state index in [0.717, 1.165) is 0 Å². The zero-order chi connectivity index (χ0) is 7.71. The molecule has 0 saturated heterocycles. The number of phosphoric ester groups is 1. The summed E-state index contributed by atoms with van der Waals surface area (Å²) in [7, 11) is -5.04. The summed E-state index contributed by atoms with van der Waals surface area (Å²) in [5.74, 6) is 0. The molecule has 0 aliphatic rings. The quantitative estimate of drug-likeness (QED) is 0.586. The topological polar surface area (TPSA) is 66.8 Å². The molecule has 0 amide bonds. The number of phosphoric acid groups is 1. The van der Waals surface area contributed by atoms with Crippen molar-refractivity contribution in [3.63, 3.8) is 0 Å². The minimum atomic E-state index is -5.04. The minimum absolute atomic E-state index is 0.242. The Morgan fingerprint density at radius 1 is 1.56 bits per heavy atom. The molecule has 4 nitrogen and oxygen atoms in total. The van der Waals surface area contributed by atoms with Crippen LogP contribution in [0.15, 0.2) is 0 Å². The fraction of sp³-hybridized carbons (Fsp3) is 1.00. The van der Waals surface area contributed by atoms with E-state index in [-0.39, 0.29) is 6.92 Å². The average Bonchev–Trinajstić information content (AvgIpc) is 1.14. The second-order valence-electron chi connectivity index (χ2n) is 1.39. The van der Waals surface area contributed by atoms with Gasteiger partial charge < -0.3 is 9.79 Å². The molecule has 0 aromatic heterocycles. The lowest BCUT2D eigenvalue weighted by atomic mass is 10.8. The Kier molecular flexibility index (Phi) is 2.29. The van der Waals surface area contributed by atoms with Gasteiger partial charge in [-0.25, -0.2) is 9.09 Å². The van der Waals surface area contributed by atoms with Crippen molar-refractivity contribution >= 4 is 7.82 Å². The maximum atomic E-state index is 11.5. The summed E-state index contributed by atoms with van der Waals surface area (Å²) in [6.07, 6.45) is -3.78. The van der Waals surface area contributed by atoms with Crippen molar-refractivity contribution < 1.29 is 27.7 Å². The largest absolute Gasteiger partial charge is 0.474 e. The molecule has 0 fully saturated rings. The smallest absolute Gasteiger partial charge is 0.303 e. The first-order valence-corrected chi connectivity index (χ1v) is 3.38. The lowest BCUT2D eigenvalue weighted by Crippen LogP contribution is -2.12. The third-order valence-corrected chi connectivity index (χ3v) is 0.838. The Hall–Kier alpha value is -0.0300. The van der Waals surface area contributed by atoms with Crippen LogP contribution in [0.3, 0.4) is 0 Å². The van der Waals surface area contributed by atoms with Gasteiger partial charge in [-0.05, 0) is 0 Å². The fourth-order valence-corrected chi connectivity index (χ4v) is 0.626. The van der Waals surface area contributed by atoms with Gasteiger partial charge in [0.15, 0.2) is 0 Å². The summed E-state index contributed by atoms with van der Waals surface area (Å²) in [5, 5.41) is 0. The summed E-state index contributed by atoms with van der Waals surface area (Å²) in [6, 6.07) is 0. The summed E-state index contributed by atoms with van der Waals surface area (Å²) in [5.41, 5.74) is 0. The Morgan fingerprint density at radius 2 is 1.89 bits per heavy atom. The first-order valence-electron chi connectivity index (χ1n) is 1.85. The molecule has 7 heteroatoms. The van der Waals surface area contributed by atoms with Crippen LogP contribution in [0.5, 0.6) is 0 Å². The molecular weight excluding hydrogens is 157 g/mol. The highest BCUT2D eigenvalue weighted by atomic mass is 31.2. The molecule has 0 aliphatic heterocycles. The van der Waals surface area contributed by atoms with Crippen LogP contribution in [0.4, 0.5) is 8.78 Å². The lowest BCUT2D eigenvalue weighted by molar-refractivity contribution is -0.170. The number of hydrogen-bond donors (Lipinski definition) is 2. The molecule has 56 valence electrons. The molecule has 0 spiro atoms. The highest BCUT2D eigenvalue weighted by Gasteiger charge is 2.32. The molecule has 0 heterocycles. The number of alkyl halides is 2. The van der Waals surface area contributed by atoms with Gasteiger partial charge in [-0.15, -0.1) is 0 Å². The van der Waals surface area contributed by atoms with E-state index in [2.05, 4.69) is 4.52 Å². The second kappa shape index (κ2) is 2.30. The molecule has 0 aromatic rings. The minimum Gasteiger partial charge on any atom is -0.303 e. The Bertz CT molecular complexity index is 134. The van der Waals surface area contributed by atoms with E-state index < -0.39 is 13.9 Å². The number of rotatable bonds is 2. The van der Waals surface area contributed by atoms with Crippen LogP contribution in [0, 0.1) is 0 Å². The van der Waals surface area contributed by atoms with Crippen molar-refractivity contribution in [2.75, 3.05) is 0 Å².